The molecule has 8 nitrogen and oxygen atoms in total. The molecule has 3 N–H and O–H groups in total. The number of nitrogens with two attached hydrogens (primary N) is 1. The summed E-state index contributed by atoms with van der Waals surface area (Å²) < 4.78 is 1.56. The Morgan fingerprint density at radius 1 is 1.50 bits per heavy atom. The van der Waals surface area contributed by atoms with Gasteiger partial charge in [-0.3, -0.25) is 14.3 Å². The van der Waals surface area contributed by atoms with Gasteiger partial charge in [-0.15, -0.1) is 0 Å². The van der Waals surface area contributed by atoms with Gasteiger partial charge in [0, 0.05) is 19.5 Å². The van der Waals surface area contributed by atoms with Gasteiger partial charge in [-0.1, -0.05) is 0 Å². The highest BCUT2D eigenvalue weighted by molar-refractivity contribution is 5.83. The number of aromatic nitrogens is 3. The first-order valence-corrected chi connectivity index (χ1v) is 5.64. The fraction of sp³-hybridized carbons (Fsp3) is 0.600. The van der Waals surface area contributed by atoms with Crippen molar-refractivity contribution in [1.29, 1.82) is 0 Å². The van der Waals surface area contributed by atoms with Crippen LogP contribution in [-0.2, 0) is 16.1 Å². The third-order valence-electron chi connectivity index (χ3n) is 3.10. The van der Waals surface area contributed by atoms with Gasteiger partial charge in [0.15, 0.2) is 0 Å². The maximum atomic E-state index is 11.9. The SMILES string of the molecule is NC1(C(=O)O)CCN(C(=O)CCn2cncn2)C1. The summed E-state index contributed by atoms with van der Waals surface area (Å²) in [5.41, 5.74) is 4.40. The van der Waals surface area contributed by atoms with Gasteiger partial charge in [0.05, 0.1) is 6.54 Å². The number of aliphatic carboxylic acids is 1. The Labute approximate surface area is 103 Å². The maximum absolute atomic E-state index is 11.9. The minimum atomic E-state index is -1.30. The van der Waals surface area contributed by atoms with E-state index in [-0.39, 0.29) is 25.3 Å². The number of aryl methyl sites for hydroxylation is 1. The van der Waals surface area contributed by atoms with Gasteiger partial charge < -0.3 is 15.7 Å². The lowest BCUT2D eigenvalue weighted by atomic mass is 10.0. The number of likely N-dealkylation sites (tertiary alicyclic amines) is 1. The number of hydrogen-bond acceptors (Lipinski definition) is 5. The highest BCUT2D eigenvalue weighted by Gasteiger charge is 2.42. The number of carboxylic acid groups (broad SMARTS) is 1. The van der Waals surface area contributed by atoms with Crippen molar-refractivity contribution in [2.24, 2.45) is 5.73 Å². The molecule has 8 heteroatoms. The van der Waals surface area contributed by atoms with Crippen LogP contribution >= 0.6 is 0 Å². The molecule has 0 radical (unpaired) electrons. The first-order valence-electron chi connectivity index (χ1n) is 5.64. The van der Waals surface area contributed by atoms with E-state index in [2.05, 4.69) is 10.1 Å². The number of carbonyl (C=O) groups is 2. The van der Waals surface area contributed by atoms with Crippen molar-refractivity contribution in [2.45, 2.75) is 24.9 Å². The summed E-state index contributed by atoms with van der Waals surface area (Å²) in [4.78, 5) is 28.1. The van der Waals surface area contributed by atoms with E-state index >= 15 is 0 Å². The molecule has 1 aromatic heterocycles. The summed E-state index contributed by atoms with van der Waals surface area (Å²) in [6.07, 6.45) is 3.48. The first-order chi connectivity index (χ1) is 8.51. The van der Waals surface area contributed by atoms with E-state index in [0.717, 1.165) is 0 Å². The average Bonchev–Trinajstić information content (AvgIpc) is 2.95. The third kappa shape index (κ3) is 2.48. The number of rotatable bonds is 4. The minimum Gasteiger partial charge on any atom is -0.480 e. The second kappa shape index (κ2) is 4.73. The first kappa shape index (κ1) is 12.5. The summed E-state index contributed by atoms with van der Waals surface area (Å²) in [5, 5.41) is 12.9. The van der Waals surface area contributed by atoms with Gasteiger partial charge in [0.1, 0.15) is 18.2 Å². The van der Waals surface area contributed by atoms with Crippen LogP contribution in [0, 0.1) is 0 Å². The van der Waals surface area contributed by atoms with Crippen LogP contribution < -0.4 is 5.73 Å². The molecule has 0 spiro atoms. The number of carboxylic acids is 1. The molecule has 2 rings (SSSR count). The van der Waals surface area contributed by atoms with E-state index in [4.69, 9.17) is 10.8 Å². The molecule has 0 aliphatic carbocycles. The minimum absolute atomic E-state index is 0.0680. The van der Waals surface area contributed by atoms with E-state index in [1.807, 2.05) is 0 Å². The predicted octanol–water partition coefficient (Wildman–Crippen LogP) is -1.32. The Hall–Kier alpha value is -1.96. The third-order valence-corrected chi connectivity index (χ3v) is 3.10. The van der Waals surface area contributed by atoms with E-state index in [1.54, 1.807) is 4.68 Å². The fourth-order valence-electron chi connectivity index (χ4n) is 1.94. The van der Waals surface area contributed by atoms with Crippen LogP contribution in [-0.4, -0.2) is 55.3 Å². The van der Waals surface area contributed by atoms with E-state index in [9.17, 15) is 9.59 Å². The molecular weight excluding hydrogens is 238 g/mol. The molecule has 0 bridgehead atoms. The smallest absolute Gasteiger partial charge is 0.325 e. The van der Waals surface area contributed by atoms with E-state index in [0.29, 0.717) is 13.1 Å². The summed E-state index contributed by atoms with van der Waals surface area (Å²) in [5.74, 6) is -1.17. The van der Waals surface area contributed by atoms with E-state index < -0.39 is 11.5 Å². The van der Waals surface area contributed by atoms with Crippen LogP contribution in [0.3, 0.4) is 0 Å². The molecule has 0 saturated carbocycles. The van der Waals surface area contributed by atoms with Crippen LogP contribution in [0.1, 0.15) is 12.8 Å². The van der Waals surface area contributed by atoms with Crippen molar-refractivity contribution in [3.05, 3.63) is 12.7 Å². The molecule has 1 amide bonds. The van der Waals surface area contributed by atoms with Gasteiger partial charge in [-0.2, -0.15) is 5.10 Å². The summed E-state index contributed by atoms with van der Waals surface area (Å²) in [6.45, 7) is 0.886. The monoisotopic (exact) mass is 253 g/mol. The molecule has 98 valence electrons. The van der Waals surface area contributed by atoms with Crippen molar-refractivity contribution in [1.82, 2.24) is 19.7 Å². The van der Waals surface area contributed by atoms with Gasteiger partial charge >= 0.3 is 5.97 Å². The lowest BCUT2D eigenvalue weighted by Crippen LogP contribution is -2.50. The Morgan fingerprint density at radius 2 is 2.28 bits per heavy atom. The number of amides is 1. The van der Waals surface area contributed by atoms with Gasteiger partial charge in [0.25, 0.3) is 0 Å². The molecule has 1 unspecified atom stereocenters. The second-order valence-electron chi connectivity index (χ2n) is 4.44. The van der Waals surface area contributed by atoms with Crippen LogP contribution in [0.4, 0.5) is 0 Å². The Morgan fingerprint density at radius 3 is 2.83 bits per heavy atom. The summed E-state index contributed by atoms with van der Waals surface area (Å²) in [7, 11) is 0. The molecule has 2 heterocycles. The van der Waals surface area contributed by atoms with Crippen molar-refractivity contribution >= 4 is 11.9 Å². The number of nitrogens with zero attached hydrogens (tertiary/aromatic N) is 4. The highest BCUT2D eigenvalue weighted by Crippen LogP contribution is 2.19. The largest absolute Gasteiger partial charge is 0.480 e. The van der Waals surface area contributed by atoms with Crippen molar-refractivity contribution in [3.63, 3.8) is 0 Å². The second-order valence-corrected chi connectivity index (χ2v) is 4.44. The topological polar surface area (TPSA) is 114 Å². The zero-order chi connectivity index (χ0) is 13.2. The summed E-state index contributed by atoms with van der Waals surface area (Å²) in [6, 6.07) is 0. The molecule has 1 aromatic rings. The fourth-order valence-corrected chi connectivity index (χ4v) is 1.94. The van der Waals surface area contributed by atoms with Crippen LogP contribution in [0.5, 0.6) is 0 Å². The molecule has 18 heavy (non-hydrogen) atoms. The van der Waals surface area contributed by atoms with Gasteiger partial charge in [-0.05, 0) is 6.42 Å². The van der Waals surface area contributed by atoms with Crippen LogP contribution in [0.25, 0.3) is 0 Å². The van der Waals surface area contributed by atoms with Crippen molar-refractivity contribution in [3.8, 4) is 0 Å². The lowest BCUT2D eigenvalue weighted by molar-refractivity contribution is -0.143. The quantitative estimate of drug-likeness (QED) is 0.688. The molecular formula is C10H15N5O3. The Kier molecular flexibility index (Phi) is 3.28. The molecule has 1 aliphatic heterocycles. The highest BCUT2D eigenvalue weighted by atomic mass is 16.4. The Bertz CT molecular complexity index is 446. The van der Waals surface area contributed by atoms with Gasteiger partial charge in [-0.25, -0.2) is 4.98 Å². The van der Waals surface area contributed by atoms with Crippen molar-refractivity contribution < 1.29 is 14.7 Å². The molecule has 0 aromatic carbocycles. The zero-order valence-corrected chi connectivity index (χ0v) is 9.82. The molecule has 1 atom stereocenters. The standard InChI is InChI=1S/C10H15N5O3/c11-10(9(17)18)2-4-14(5-10)8(16)1-3-15-7-12-6-13-15/h6-7H,1-5,11H2,(H,17,18). The van der Waals surface area contributed by atoms with Gasteiger partial charge in [0.2, 0.25) is 5.91 Å². The lowest BCUT2D eigenvalue weighted by Gasteiger charge is -2.20. The van der Waals surface area contributed by atoms with Crippen LogP contribution in [0.2, 0.25) is 0 Å². The summed E-state index contributed by atoms with van der Waals surface area (Å²) >= 11 is 0. The molecule has 1 fully saturated rings. The molecule has 1 aliphatic rings. The number of hydrogen-bond donors (Lipinski definition) is 2. The zero-order valence-electron chi connectivity index (χ0n) is 9.82. The molecule has 1 saturated heterocycles. The Balaban J connectivity index is 1.86. The number of carbonyl (C=O) groups excluding carboxylic acids is 1. The predicted molar refractivity (Wildman–Crippen MR) is 60.4 cm³/mol. The average molecular weight is 253 g/mol. The van der Waals surface area contributed by atoms with E-state index in [1.165, 1.54) is 17.6 Å². The normalized spacial score (nSPS) is 23.3. The maximum Gasteiger partial charge on any atom is 0.325 e. The van der Waals surface area contributed by atoms with Crippen LogP contribution in [0.15, 0.2) is 12.7 Å². The van der Waals surface area contributed by atoms with Crippen molar-refractivity contribution in [2.75, 3.05) is 13.1 Å².